The first kappa shape index (κ1) is 25.1. The predicted molar refractivity (Wildman–Crippen MR) is 135 cm³/mol. The second-order valence-electron chi connectivity index (χ2n) is 7.53. The number of carbonyl (C=O) groups is 1. The molecule has 178 valence electrons. The Hall–Kier alpha value is -2.00. The number of sulfonamides is 1. The van der Waals surface area contributed by atoms with Gasteiger partial charge in [-0.05, 0) is 47.9 Å². The van der Waals surface area contributed by atoms with Crippen LogP contribution in [0.1, 0.15) is 11.1 Å². The monoisotopic (exact) mass is 558 g/mol. The van der Waals surface area contributed by atoms with Gasteiger partial charge in [0.25, 0.3) is 5.91 Å². The predicted octanol–water partition coefficient (Wildman–Crippen LogP) is 6.06. The molecular weight excluding hydrogens is 542 g/mol. The van der Waals surface area contributed by atoms with Gasteiger partial charge in [-0.15, -0.1) is 0 Å². The average Bonchev–Trinajstić information content (AvgIpc) is 2.81. The van der Waals surface area contributed by atoms with Crippen molar-refractivity contribution in [2.24, 2.45) is 0 Å². The molecule has 0 saturated heterocycles. The van der Waals surface area contributed by atoms with E-state index in [9.17, 15) is 13.2 Å². The van der Waals surface area contributed by atoms with Gasteiger partial charge in [0.15, 0.2) is 6.61 Å². The highest BCUT2D eigenvalue weighted by Gasteiger charge is 2.28. The summed E-state index contributed by atoms with van der Waals surface area (Å²) < 4.78 is 33.2. The van der Waals surface area contributed by atoms with E-state index >= 15 is 0 Å². The molecule has 1 amide bonds. The van der Waals surface area contributed by atoms with E-state index in [0.717, 1.165) is 11.1 Å². The minimum atomic E-state index is -3.75. The number of amides is 1. The van der Waals surface area contributed by atoms with Crippen LogP contribution in [0, 0.1) is 0 Å². The van der Waals surface area contributed by atoms with Gasteiger partial charge in [-0.2, -0.15) is 4.31 Å². The SMILES string of the molecule is O=C(COc1ccc(S(=O)(=O)N2CCc3ccccc3C2)cc1Cl)Nc1cc(Cl)c(Cl)cc1Cl. The van der Waals surface area contributed by atoms with Crippen molar-refractivity contribution in [3.05, 3.63) is 85.8 Å². The van der Waals surface area contributed by atoms with Gasteiger partial charge in [-0.1, -0.05) is 70.7 Å². The van der Waals surface area contributed by atoms with Crippen LogP contribution in [0.5, 0.6) is 5.75 Å². The van der Waals surface area contributed by atoms with Gasteiger partial charge in [0.05, 0.1) is 30.7 Å². The zero-order valence-electron chi connectivity index (χ0n) is 17.5. The molecule has 1 aliphatic heterocycles. The Morgan fingerprint density at radius 2 is 1.62 bits per heavy atom. The van der Waals surface area contributed by atoms with Crippen LogP contribution in [-0.2, 0) is 27.8 Å². The van der Waals surface area contributed by atoms with E-state index in [1.165, 1.54) is 34.6 Å². The zero-order valence-corrected chi connectivity index (χ0v) is 21.4. The molecule has 4 rings (SSSR count). The van der Waals surface area contributed by atoms with Gasteiger partial charge in [0.1, 0.15) is 5.75 Å². The summed E-state index contributed by atoms with van der Waals surface area (Å²) in [5.74, 6) is -0.347. The number of hydrogen-bond donors (Lipinski definition) is 1. The molecule has 0 aliphatic carbocycles. The second kappa shape index (κ2) is 10.3. The number of fused-ring (bicyclic) bond motifs is 1. The van der Waals surface area contributed by atoms with Crippen molar-refractivity contribution < 1.29 is 17.9 Å². The number of nitrogens with zero attached hydrogens (tertiary/aromatic N) is 1. The van der Waals surface area contributed by atoms with Crippen molar-refractivity contribution in [2.45, 2.75) is 17.9 Å². The maximum absolute atomic E-state index is 13.1. The van der Waals surface area contributed by atoms with Crippen LogP contribution in [0.15, 0.2) is 59.5 Å². The highest BCUT2D eigenvalue weighted by Crippen LogP contribution is 2.33. The van der Waals surface area contributed by atoms with Crippen molar-refractivity contribution >= 4 is 68.0 Å². The van der Waals surface area contributed by atoms with E-state index in [-0.39, 0.29) is 43.0 Å². The highest BCUT2D eigenvalue weighted by atomic mass is 35.5. The van der Waals surface area contributed by atoms with Crippen molar-refractivity contribution in [3.63, 3.8) is 0 Å². The molecule has 3 aromatic carbocycles. The first-order chi connectivity index (χ1) is 16.1. The first-order valence-corrected chi connectivity index (χ1v) is 13.0. The van der Waals surface area contributed by atoms with Crippen LogP contribution < -0.4 is 10.1 Å². The van der Waals surface area contributed by atoms with Crippen LogP contribution in [0.25, 0.3) is 0 Å². The third-order valence-corrected chi connectivity index (χ3v) is 8.45. The number of nitrogens with one attached hydrogen (secondary N) is 1. The summed E-state index contributed by atoms with van der Waals surface area (Å²) in [5, 5.41) is 3.35. The molecule has 1 heterocycles. The van der Waals surface area contributed by atoms with Gasteiger partial charge in [0.2, 0.25) is 10.0 Å². The third-order valence-electron chi connectivity index (χ3n) is 5.28. The molecule has 1 N–H and O–H groups in total. The summed E-state index contributed by atoms with van der Waals surface area (Å²) in [7, 11) is -3.75. The van der Waals surface area contributed by atoms with Crippen LogP contribution in [0.2, 0.25) is 20.1 Å². The van der Waals surface area contributed by atoms with Gasteiger partial charge >= 0.3 is 0 Å². The Kier molecular flexibility index (Phi) is 7.62. The summed E-state index contributed by atoms with van der Waals surface area (Å²) in [5.41, 5.74) is 2.41. The lowest BCUT2D eigenvalue weighted by Crippen LogP contribution is -2.35. The third kappa shape index (κ3) is 5.46. The van der Waals surface area contributed by atoms with E-state index in [1.807, 2.05) is 24.3 Å². The van der Waals surface area contributed by atoms with Crippen LogP contribution in [-0.4, -0.2) is 31.8 Å². The molecule has 0 unspecified atom stereocenters. The lowest BCUT2D eigenvalue weighted by molar-refractivity contribution is -0.118. The fraction of sp³-hybridized carbons (Fsp3) is 0.174. The summed E-state index contributed by atoms with van der Waals surface area (Å²) in [6.07, 6.45) is 0.641. The molecule has 11 heteroatoms. The molecule has 0 spiro atoms. The lowest BCUT2D eigenvalue weighted by Gasteiger charge is -2.28. The zero-order chi connectivity index (χ0) is 24.5. The quantitative estimate of drug-likeness (QED) is 0.372. The Bertz CT molecular complexity index is 1370. The van der Waals surface area contributed by atoms with Crippen molar-refractivity contribution in [2.75, 3.05) is 18.5 Å². The lowest BCUT2D eigenvalue weighted by atomic mass is 10.0. The Labute approximate surface area is 217 Å². The number of carbonyl (C=O) groups excluding carboxylic acids is 1. The van der Waals surface area contributed by atoms with Gasteiger partial charge in [0, 0.05) is 13.1 Å². The van der Waals surface area contributed by atoms with E-state index in [0.29, 0.717) is 19.5 Å². The summed E-state index contributed by atoms with van der Waals surface area (Å²) >= 11 is 24.2. The van der Waals surface area contributed by atoms with Gasteiger partial charge < -0.3 is 10.1 Å². The molecule has 0 radical (unpaired) electrons. The Morgan fingerprint density at radius 3 is 2.35 bits per heavy atom. The first-order valence-electron chi connectivity index (χ1n) is 10.1. The van der Waals surface area contributed by atoms with E-state index < -0.39 is 15.9 Å². The fourth-order valence-corrected chi connectivity index (χ4v) is 5.87. The summed E-state index contributed by atoms with van der Waals surface area (Å²) in [6.45, 7) is 0.295. The van der Waals surface area contributed by atoms with Crippen molar-refractivity contribution in [1.29, 1.82) is 0 Å². The Balaban J connectivity index is 1.42. The molecule has 3 aromatic rings. The second-order valence-corrected chi connectivity index (χ2v) is 11.1. The van der Waals surface area contributed by atoms with E-state index in [4.69, 9.17) is 51.1 Å². The van der Waals surface area contributed by atoms with Crippen molar-refractivity contribution in [3.8, 4) is 5.75 Å². The average molecular weight is 560 g/mol. The van der Waals surface area contributed by atoms with Gasteiger partial charge in [-0.25, -0.2) is 8.42 Å². The van der Waals surface area contributed by atoms with Crippen molar-refractivity contribution in [1.82, 2.24) is 4.31 Å². The standard InChI is InChI=1S/C23H18Cl4N2O4S/c24-17-10-19(26)21(11-18(17)25)28-23(30)13-33-22-6-5-16(9-20(22)27)34(31,32)29-8-7-14-3-1-2-4-15(14)12-29/h1-6,9-11H,7-8,12-13H2,(H,28,30). The largest absolute Gasteiger partial charge is 0.482 e. The number of anilines is 1. The van der Waals surface area contributed by atoms with Crippen LogP contribution in [0.4, 0.5) is 5.69 Å². The highest BCUT2D eigenvalue weighted by molar-refractivity contribution is 7.89. The summed E-state index contributed by atoms with van der Waals surface area (Å²) in [6, 6.07) is 14.8. The molecule has 1 aliphatic rings. The molecular formula is C23H18Cl4N2O4S. The summed E-state index contributed by atoms with van der Waals surface area (Å²) in [4.78, 5) is 12.3. The Morgan fingerprint density at radius 1 is 0.912 bits per heavy atom. The molecule has 34 heavy (non-hydrogen) atoms. The number of ether oxygens (including phenoxy) is 1. The molecule has 0 aromatic heterocycles. The number of benzene rings is 3. The smallest absolute Gasteiger partial charge is 0.262 e. The van der Waals surface area contributed by atoms with E-state index in [2.05, 4.69) is 5.32 Å². The fourth-order valence-electron chi connectivity index (χ4n) is 3.53. The molecule has 0 atom stereocenters. The maximum atomic E-state index is 13.1. The molecule has 6 nitrogen and oxygen atoms in total. The van der Waals surface area contributed by atoms with E-state index in [1.54, 1.807) is 0 Å². The maximum Gasteiger partial charge on any atom is 0.262 e. The minimum absolute atomic E-state index is 0.0521. The van der Waals surface area contributed by atoms with Crippen LogP contribution in [0.3, 0.4) is 0 Å². The van der Waals surface area contributed by atoms with Crippen LogP contribution >= 0.6 is 46.4 Å². The molecule has 0 saturated carbocycles. The minimum Gasteiger partial charge on any atom is -0.482 e. The number of hydrogen-bond acceptors (Lipinski definition) is 4. The normalized spacial score (nSPS) is 13.9. The number of rotatable bonds is 6. The number of halogens is 4. The molecule has 0 fully saturated rings. The topological polar surface area (TPSA) is 75.7 Å². The van der Waals surface area contributed by atoms with Gasteiger partial charge in [-0.3, -0.25) is 4.79 Å². The molecule has 0 bridgehead atoms.